The molecule has 0 saturated carbocycles. The lowest BCUT2D eigenvalue weighted by Crippen LogP contribution is -2.70. The van der Waals surface area contributed by atoms with Gasteiger partial charge in [0.2, 0.25) is 0 Å². The Morgan fingerprint density at radius 3 is 1.16 bits per heavy atom. The molecule has 4 atom stereocenters. The van der Waals surface area contributed by atoms with E-state index >= 15 is 0 Å². The van der Waals surface area contributed by atoms with Crippen molar-refractivity contribution in [1.82, 2.24) is 0 Å². The smallest absolute Gasteiger partial charge is 0.455 e. The third kappa shape index (κ3) is 19.8. The molecule has 0 heterocycles. The minimum atomic E-state index is -7.85. The zero-order chi connectivity index (χ0) is 48.8. The lowest BCUT2D eigenvalue weighted by molar-refractivity contribution is -0.439. The van der Waals surface area contributed by atoms with Crippen LogP contribution >= 0.6 is 0 Å². The summed E-state index contributed by atoms with van der Waals surface area (Å²) in [5.74, 6) is -36.4. The summed E-state index contributed by atoms with van der Waals surface area (Å²) in [6.07, 6.45) is 15.8. The van der Waals surface area contributed by atoms with Crippen LogP contribution in [0, 0.1) is 0 Å². The molecule has 18 heteroatoms. The number of alkyl halides is 13. The zero-order valence-corrected chi connectivity index (χ0v) is 45.3. The fourth-order valence-corrected chi connectivity index (χ4v) is 23.5. The summed E-state index contributed by atoms with van der Waals surface area (Å²) in [6, 6.07) is -0.712. The lowest BCUT2D eigenvalue weighted by atomic mass is 9.93. The maximum Gasteiger partial charge on any atom is 0.460 e. The largest absolute Gasteiger partial charge is 0.460 e. The van der Waals surface area contributed by atoms with Gasteiger partial charge in [-0.05, 0) is 37.3 Å². The summed E-state index contributed by atoms with van der Waals surface area (Å²) in [4.78, 5) is 0. The van der Waals surface area contributed by atoms with E-state index in [1.807, 2.05) is 0 Å². The summed E-state index contributed by atoms with van der Waals surface area (Å²) < 4.78 is 187. The van der Waals surface area contributed by atoms with E-state index in [9.17, 15) is 57.1 Å². The van der Waals surface area contributed by atoms with Gasteiger partial charge in [0.15, 0.2) is 16.6 Å². The standard InChI is InChI=1S/C45H87F13OSi4/c1-10-14-16-18-20-22-24-28-36(60-5)30-32-38(26-12-3)62(6,7)59-63(8,9)39(27-13-4)33-31-37(29-25-23-21-19-17-15-11-2)61-35-34-40(46,47)41(48,49)42(50,51)43(52,53)44(54,55)45(56,57)58/h36-39H,10-35,60-61H2,1-9H3. The van der Waals surface area contributed by atoms with Crippen LogP contribution in [0.1, 0.15) is 188 Å². The van der Waals surface area contributed by atoms with Crippen LogP contribution < -0.4 is 0 Å². The molecule has 0 aliphatic heterocycles. The first-order valence-electron chi connectivity index (χ1n) is 24.7. The molecule has 0 aromatic rings. The Morgan fingerprint density at radius 1 is 0.413 bits per heavy atom. The van der Waals surface area contributed by atoms with Crippen molar-refractivity contribution < 1.29 is 61.2 Å². The molecule has 0 saturated heterocycles. The highest BCUT2D eigenvalue weighted by atomic mass is 28.4. The van der Waals surface area contributed by atoms with Crippen molar-refractivity contribution in [3.8, 4) is 0 Å². The Morgan fingerprint density at radius 2 is 0.778 bits per heavy atom. The monoisotopic (exact) mass is 1000 g/mol. The molecule has 63 heavy (non-hydrogen) atoms. The second-order valence-corrected chi connectivity index (χ2v) is 33.1. The second kappa shape index (κ2) is 29.1. The van der Waals surface area contributed by atoms with Gasteiger partial charge < -0.3 is 4.12 Å². The van der Waals surface area contributed by atoms with Gasteiger partial charge in [0.05, 0.1) is 0 Å². The summed E-state index contributed by atoms with van der Waals surface area (Å²) in [5.41, 5.74) is 1.33. The Hall–Kier alpha value is -0.0825. The maximum absolute atomic E-state index is 14.8. The molecular weight excluding hydrogens is 916 g/mol. The van der Waals surface area contributed by atoms with Crippen LogP contribution in [0.25, 0.3) is 0 Å². The van der Waals surface area contributed by atoms with Gasteiger partial charge in [-0.1, -0.05) is 205 Å². The molecule has 0 aliphatic carbocycles. The molecule has 0 aromatic heterocycles. The van der Waals surface area contributed by atoms with E-state index in [4.69, 9.17) is 4.12 Å². The average molecular weight is 1000 g/mol. The van der Waals surface area contributed by atoms with E-state index in [1.165, 1.54) is 57.8 Å². The number of halogens is 13. The summed E-state index contributed by atoms with van der Waals surface area (Å²) >= 11 is 0. The van der Waals surface area contributed by atoms with E-state index in [0.717, 1.165) is 82.6 Å². The molecule has 380 valence electrons. The van der Waals surface area contributed by atoms with Gasteiger partial charge in [-0.3, -0.25) is 0 Å². The van der Waals surface area contributed by atoms with Gasteiger partial charge in [-0.25, -0.2) is 0 Å². The van der Waals surface area contributed by atoms with Gasteiger partial charge >= 0.3 is 35.8 Å². The first-order valence-corrected chi connectivity index (χ1v) is 34.7. The average Bonchev–Trinajstić information content (AvgIpc) is 3.17. The van der Waals surface area contributed by atoms with Crippen molar-refractivity contribution in [3.05, 3.63) is 0 Å². The van der Waals surface area contributed by atoms with Crippen molar-refractivity contribution in [2.45, 2.75) is 285 Å². The predicted octanol–water partition coefficient (Wildman–Crippen LogP) is 18.1. The fraction of sp³-hybridized carbons (Fsp3) is 1.00. The van der Waals surface area contributed by atoms with Crippen LogP contribution in [0.3, 0.4) is 0 Å². The van der Waals surface area contributed by atoms with E-state index in [1.54, 1.807) is 0 Å². The lowest BCUT2D eigenvalue weighted by Gasteiger charge is -2.43. The summed E-state index contributed by atoms with van der Waals surface area (Å²) in [5, 5.41) is 0. The van der Waals surface area contributed by atoms with Gasteiger partial charge in [-0.15, -0.1) is 0 Å². The molecule has 0 spiro atoms. The van der Waals surface area contributed by atoms with Crippen LogP contribution in [-0.4, -0.2) is 71.5 Å². The third-order valence-corrected chi connectivity index (χ3v) is 27.4. The van der Waals surface area contributed by atoms with E-state index in [-0.39, 0.29) is 20.6 Å². The Balaban J connectivity index is 6.06. The molecule has 0 amide bonds. The van der Waals surface area contributed by atoms with Crippen LogP contribution in [0.4, 0.5) is 57.1 Å². The molecule has 0 aromatic carbocycles. The minimum absolute atomic E-state index is 0.166. The molecule has 1 nitrogen and oxygen atoms in total. The van der Waals surface area contributed by atoms with Gasteiger partial charge in [0, 0.05) is 25.5 Å². The van der Waals surface area contributed by atoms with Gasteiger partial charge in [0.25, 0.3) is 0 Å². The summed E-state index contributed by atoms with van der Waals surface area (Å²) in [6.45, 7) is 20.2. The molecule has 0 radical (unpaired) electrons. The van der Waals surface area contributed by atoms with Crippen LogP contribution in [0.15, 0.2) is 0 Å². The molecule has 4 unspecified atom stereocenters. The summed E-state index contributed by atoms with van der Waals surface area (Å²) in [7, 11) is -6.54. The zero-order valence-electron chi connectivity index (χ0n) is 40.4. The Labute approximate surface area is 380 Å². The predicted molar refractivity (Wildman–Crippen MR) is 248 cm³/mol. The Bertz CT molecular complexity index is 1190. The molecule has 0 aliphatic rings. The second-order valence-electron chi connectivity index (χ2n) is 19.8. The van der Waals surface area contributed by atoms with E-state index in [0.29, 0.717) is 24.8 Å². The highest BCUT2D eigenvalue weighted by Crippen LogP contribution is 2.61. The quantitative estimate of drug-likeness (QED) is 0.0339. The molecule has 0 N–H and O–H groups in total. The van der Waals surface area contributed by atoms with Crippen LogP contribution in [0.2, 0.25) is 60.9 Å². The SMILES string of the molecule is CCCCCCCCCC(CCC(CCC)[Si](C)(C)O[Si](C)(C)C(CCC)CCC(CCCCCCCCC)[SiH2]CCC(F)(F)C(F)(F)C(F)(F)C(F)(F)C(F)(F)C(F)(F)F)[SiH2]C. The first-order chi connectivity index (χ1) is 29.0. The Kier molecular flexibility index (Phi) is 29.0. The minimum Gasteiger partial charge on any atom is -0.455 e. The first kappa shape index (κ1) is 62.9. The normalized spacial score (nSPS) is 16.5. The van der Waals surface area contributed by atoms with Gasteiger partial charge in [-0.2, -0.15) is 57.1 Å². The van der Waals surface area contributed by atoms with E-state index < -0.39 is 74.4 Å². The highest BCUT2D eigenvalue weighted by Gasteiger charge is 2.90. The molecule has 0 bridgehead atoms. The van der Waals surface area contributed by atoms with Crippen molar-refractivity contribution >= 4 is 35.7 Å². The van der Waals surface area contributed by atoms with Crippen molar-refractivity contribution in [3.63, 3.8) is 0 Å². The molecular formula is C45H87F13OSi4. The van der Waals surface area contributed by atoms with Crippen LogP contribution in [-0.2, 0) is 4.12 Å². The van der Waals surface area contributed by atoms with Gasteiger partial charge in [0.1, 0.15) is 0 Å². The topological polar surface area (TPSA) is 9.23 Å². The maximum atomic E-state index is 14.8. The third-order valence-electron chi connectivity index (χ3n) is 13.7. The van der Waals surface area contributed by atoms with Crippen molar-refractivity contribution in [2.24, 2.45) is 0 Å². The number of hydrogen-bond donors (Lipinski definition) is 0. The number of rotatable bonds is 39. The fourth-order valence-electron chi connectivity index (χ4n) is 9.43. The van der Waals surface area contributed by atoms with Crippen LogP contribution in [0.5, 0.6) is 0 Å². The number of unbranched alkanes of at least 4 members (excludes halogenated alkanes) is 12. The molecule has 0 rings (SSSR count). The highest BCUT2D eigenvalue weighted by molar-refractivity contribution is 6.86. The number of hydrogen-bond acceptors (Lipinski definition) is 1. The van der Waals surface area contributed by atoms with E-state index in [2.05, 4.69) is 60.4 Å². The van der Waals surface area contributed by atoms with Crippen molar-refractivity contribution in [2.75, 3.05) is 0 Å². The molecule has 0 fully saturated rings. The van der Waals surface area contributed by atoms with Crippen molar-refractivity contribution in [1.29, 1.82) is 0 Å².